The topological polar surface area (TPSA) is 0 Å². The second-order valence-electron chi connectivity index (χ2n) is 9.13. The van der Waals surface area contributed by atoms with E-state index in [0.29, 0.717) is 12.1 Å². The zero-order valence-electron chi connectivity index (χ0n) is 19.1. The number of hydrogen-bond acceptors (Lipinski definition) is 0. The zero-order valence-corrected chi connectivity index (χ0v) is 21.1. The lowest BCUT2D eigenvalue weighted by atomic mass is 10.2. The Bertz CT molecular complexity index is 1270. The van der Waals surface area contributed by atoms with Gasteiger partial charge >= 0.3 is 12.4 Å². The summed E-state index contributed by atoms with van der Waals surface area (Å²) < 4.78 is 86.8. The Morgan fingerprint density at radius 1 is 0.417 bits per heavy atom. The molecule has 1 aliphatic heterocycles. The highest BCUT2D eigenvalue weighted by atomic mass is 29.3. The Morgan fingerprint density at radius 3 is 1.08 bits per heavy atom. The van der Waals surface area contributed by atoms with Gasteiger partial charge < -0.3 is 0 Å². The van der Waals surface area contributed by atoms with Crippen LogP contribution in [0.4, 0.5) is 26.3 Å². The third-order valence-electron chi connectivity index (χ3n) is 7.52. The van der Waals surface area contributed by atoms with Crippen molar-refractivity contribution in [1.29, 1.82) is 0 Å². The maximum atomic E-state index is 14.5. The van der Waals surface area contributed by atoms with E-state index in [1.54, 1.807) is 0 Å². The van der Waals surface area contributed by atoms with Crippen LogP contribution in [0, 0.1) is 0 Å². The van der Waals surface area contributed by atoms with Crippen LogP contribution in [0.1, 0.15) is 11.1 Å². The van der Waals surface area contributed by atoms with E-state index in [4.69, 9.17) is 0 Å². The van der Waals surface area contributed by atoms with E-state index in [0.717, 1.165) is 22.5 Å². The van der Waals surface area contributed by atoms with Crippen molar-refractivity contribution in [3.63, 3.8) is 0 Å². The molecule has 0 amide bonds. The Labute approximate surface area is 207 Å². The second-order valence-corrected chi connectivity index (χ2v) is 21.1. The Kier molecular flexibility index (Phi) is 5.99. The van der Waals surface area contributed by atoms with Crippen LogP contribution in [0.3, 0.4) is 0 Å². The van der Waals surface area contributed by atoms with Crippen LogP contribution in [-0.2, 0) is 12.4 Å². The fourth-order valence-corrected chi connectivity index (χ4v) is 26.4. The van der Waals surface area contributed by atoms with Gasteiger partial charge in [0.1, 0.15) is 15.2 Å². The normalized spacial score (nSPS) is 16.8. The minimum absolute atomic E-state index is 0.0554. The van der Waals surface area contributed by atoms with Crippen LogP contribution in [0.2, 0.25) is 12.1 Å². The van der Waals surface area contributed by atoms with E-state index in [2.05, 4.69) is 0 Å². The van der Waals surface area contributed by atoms with Gasteiger partial charge in [-0.2, -0.15) is 26.3 Å². The maximum Gasteiger partial charge on any atom is 0.416 e. The largest absolute Gasteiger partial charge is 0.416 e. The minimum Gasteiger partial charge on any atom is -0.166 e. The first-order valence-electron chi connectivity index (χ1n) is 11.6. The highest BCUT2D eigenvalue weighted by Crippen LogP contribution is 2.44. The quantitative estimate of drug-likeness (QED) is 0.238. The minimum atomic E-state index is -4.69. The van der Waals surface area contributed by atoms with Crippen molar-refractivity contribution in [1.82, 2.24) is 0 Å². The van der Waals surface area contributed by atoms with Crippen LogP contribution in [0.25, 0.3) is 0 Å². The molecule has 36 heavy (non-hydrogen) atoms. The molecule has 4 aromatic rings. The lowest BCUT2D eigenvalue weighted by Crippen LogP contribution is -2.92. The summed E-state index contributed by atoms with van der Waals surface area (Å²) in [5.74, 6) is 0. The van der Waals surface area contributed by atoms with Crippen LogP contribution in [-0.4, -0.2) is 15.2 Å². The summed E-state index contributed by atoms with van der Waals surface area (Å²) in [7, 11) is -6.80. The molecule has 0 aromatic heterocycles. The molecule has 5 rings (SSSR count). The molecule has 184 valence electrons. The lowest BCUT2D eigenvalue weighted by Gasteiger charge is -2.59. The van der Waals surface area contributed by atoms with Gasteiger partial charge in [0.15, 0.2) is 0 Å². The van der Waals surface area contributed by atoms with Gasteiger partial charge in [-0.3, -0.25) is 0 Å². The van der Waals surface area contributed by atoms with Crippen molar-refractivity contribution in [3.8, 4) is 0 Å². The van der Waals surface area contributed by atoms with Gasteiger partial charge in [0.05, 0.1) is 11.1 Å². The van der Waals surface area contributed by atoms with Crippen LogP contribution < -0.4 is 20.7 Å². The van der Waals surface area contributed by atoms with Gasteiger partial charge in [0.25, 0.3) is 0 Å². The van der Waals surface area contributed by atoms with E-state index in [1.165, 1.54) is 36.4 Å². The molecule has 4 aromatic carbocycles. The van der Waals surface area contributed by atoms with Crippen molar-refractivity contribution in [3.05, 3.63) is 120 Å². The van der Waals surface area contributed by atoms with Crippen LogP contribution in [0.15, 0.2) is 109 Å². The van der Waals surface area contributed by atoms with E-state index in [1.807, 2.05) is 60.7 Å². The van der Waals surface area contributed by atoms with Crippen molar-refractivity contribution in [2.45, 2.75) is 24.4 Å². The average molecular weight is 529 g/mol. The predicted molar refractivity (Wildman–Crippen MR) is 135 cm³/mol. The molecule has 0 nitrogen and oxygen atoms in total. The maximum absolute atomic E-state index is 14.5. The third kappa shape index (κ3) is 3.66. The Hall–Kier alpha value is -3.11. The smallest absolute Gasteiger partial charge is 0.166 e. The third-order valence-corrected chi connectivity index (χ3v) is 26.0. The highest BCUT2D eigenvalue weighted by Gasteiger charge is 2.68. The molecule has 0 unspecified atom stereocenters. The Balaban J connectivity index is 1.97. The molecular weight excluding hydrogens is 506 g/mol. The van der Waals surface area contributed by atoms with Gasteiger partial charge in [-0.15, -0.1) is 0 Å². The molecule has 0 aliphatic carbocycles. The van der Waals surface area contributed by atoms with Crippen molar-refractivity contribution >= 4 is 35.9 Å². The molecule has 0 bridgehead atoms. The fraction of sp³-hybridized carbons (Fsp3) is 0.143. The summed E-state index contributed by atoms with van der Waals surface area (Å²) >= 11 is 0. The first kappa shape index (κ1) is 24.6. The number of hydrogen-bond donors (Lipinski definition) is 0. The number of alkyl halides is 6. The molecule has 1 heterocycles. The predicted octanol–water partition coefficient (Wildman–Crippen LogP) is 5.64. The standard InChI is InChI=1S/C28H22F6Si2/c29-27(30,31)23-15-7-9-17-25(23)36(26-18-10-8-16-24(26)28(32,33)34)20-19-35(36,21-11-3-1-4-12-21)22-13-5-2-6-14-22/h1-18H,19-20H2. The first-order valence-corrected chi connectivity index (χ1v) is 17.0. The summed E-state index contributed by atoms with van der Waals surface area (Å²) in [6.07, 6.45) is -9.38. The van der Waals surface area contributed by atoms with E-state index >= 15 is 0 Å². The lowest BCUT2D eigenvalue weighted by molar-refractivity contribution is -0.137. The molecule has 1 aliphatic rings. The summed E-state index contributed by atoms with van der Waals surface area (Å²) in [6.45, 7) is 0. The van der Waals surface area contributed by atoms with Gasteiger partial charge in [0, 0.05) is 0 Å². The van der Waals surface area contributed by atoms with Gasteiger partial charge in [-0.25, -0.2) is 0 Å². The fourth-order valence-electron chi connectivity index (χ4n) is 6.10. The Morgan fingerprint density at radius 2 is 0.750 bits per heavy atom. The number of benzene rings is 4. The molecule has 0 radical (unpaired) electrons. The van der Waals surface area contributed by atoms with Crippen LogP contribution >= 0.6 is 0 Å². The SMILES string of the molecule is FC(F)(F)c1ccccc1[Si]1(c2ccccc2C(F)(F)F)CC[Si]1(c1ccccc1)c1ccccc1. The van der Waals surface area contributed by atoms with Gasteiger partial charge in [0.2, 0.25) is 0 Å². The summed E-state index contributed by atoms with van der Waals surface area (Å²) in [6, 6.07) is 30.1. The summed E-state index contributed by atoms with van der Waals surface area (Å²) in [5, 5.41) is 1.87. The molecule has 0 spiro atoms. The van der Waals surface area contributed by atoms with Gasteiger partial charge in [-0.05, 0) is 10.4 Å². The summed E-state index contributed by atoms with van der Waals surface area (Å²) in [5.41, 5.74) is -1.64. The van der Waals surface area contributed by atoms with Crippen molar-refractivity contribution in [2.24, 2.45) is 0 Å². The molecule has 8 heteroatoms. The number of rotatable bonds is 4. The molecule has 0 saturated carbocycles. The second kappa shape index (κ2) is 8.78. The molecule has 0 atom stereocenters. The van der Waals surface area contributed by atoms with Crippen molar-refractivity contribution < 1.29 is 26.3 Å². The zero-order chi connectivity index (χ0) is 25.6. The first-order chi connectivity index (χ1) is 17.1. The van der Waals surface area contributed by atoms with E-state index in [9.17, 15) is 26.3 Å². The van der Waals surface area contributed by atoms with E-state index in [-0.39, 0.29) is 10.4 Å². The van der Waals surface area contributed by atoms with Crippen LogP contribution in [0.5, 0.6) is 0 Å². The average Bonchev–Trinajstić information content (AvgIpc) is 2.85. The molecule has 1 fully saturated rings. The van der Waals surface area contributed by atoms with Crippen molar-refractivity contribution in [2.75, 3.05) is 0 Å². The van der Waals surface area contributed by atoms with E-state index < -0.39 is 38.7 Å². The number of halogens is 6. The highest BCUT2D eigenvalue weighted by molar-refractivity contribution is 7.63. The molecule has 1 saturated heterocycles. The van der Waals surface area contributed by atoms with Gasteiger partial charge in [-0.1, -0.05) is 132 Å². The monoisotopic (exact) mass is 528 g/mol. The summed E-state index contributed by atoms with van der Waals surface area (Å²) in [4.78, 5) is 0. The molecular formula is C28H22F6Si2. The molecule has 0 N–H and O–H groups in total.